The number of hydrogen-bond acceptors (Lipinski definition) is 3. The molecular weight excluding hydrogens is 735 g/mol. The average molecular weight is 764 g/mol. The molecule has 0 spiro atoms. The maximum Gasteiger partial charge on any atom is 0.137 e. The highest BCUT2D eigenvalue weighted by atomic mass is 16.3. The number of para-hydroxylation sites is 4. The molecule has 276 valence electrons. The van der Waals surface area contributed by atoms with Gasteiger partial charge >= 0.3 is 0 Å². The van der Waals surface area contributed by atoms with Gasteiger partial charge < -0.3 is 18.1 Å². The van der Waals surface area contributed by atoms with Crippen LogP contribution in [0.1, 0.15) is 11.1 Å². The highest BCUT2D eigenvalue weighted by molar-refractivity contribution is 6.22. The van der Waals surface area contributed by atoms with E-state index in [1.165, 1.54) is 10.8 Å². The van der Waals surface area contributed by atoms with Crippen molar-refractivity contribution in [2.75, 3.05) is 0 Å². The Bertz CT molecular complexity index is 4050. The molecule has 0 aliphatic carbocycles. The monoisotopic (exact) mass is 763 g/mol. The van der Waals surface area contributed by atoms with Crippen molar-refractivity contribution in [3.63, 3.8) is 0 Å². The quantitative estimate of drug-likeness (QED) is 0.180. The summed E-state index contributed by atoms with van der Waals surface area (Å²) in [5.74, 6) is 0. The van der Waals surface area contributed by atoms with Gasteiger partial charge in [-0.15, -0.1) is 0 Å². The van der Waals surface area contributed by atoms with Crippen molar-refractivity contribution >= 4 is 98.1 Å². The van der Waals surface area contributed by atoms with Crippen molar-refractivity contribution in [3.05, 3.63) is 187 Å². The maximum atomic E-state index is 11.1. The zero-order chi connectivity index (χ0) is 39.6. The third-order valence-electron chi connectivity index (χ3n) is 12.5. The molecule has 0 bridgehead atoms. The topological polar surface area (TPSA) is 75.5 Å². The van der Waals surface area contributed by atoms with E-state index >= 15 is 0 Å². The fraction of sp³-hybridized carbons (Fsp3) is 0. The molecule has 0 fully saturated rings. The number of benzene rings is 9. The van der Waals surface area contributed by atoms with Gasteiger partial charge in [-0.3, -0.25) is 0 Å². The number of fused-ring (bicyclic) bond motifs is 14. The summed E-state index contributed by atoms with van der Waals surface area (Å²) in [7, 11) is 0. The van der Waals surface area contributed by atoms with Crippen molar-refractivity contribution in [2.24, 2.45) is 0 Å². The van der Waals surface area contributed by atoms with E-state index in [9.17, 15) is 10.5 Å². The predicted molar refractivity (Wildman–Crippen MR) is 244 cm³/mol. The predicted octanol–water partition coefficient (Wildman–Crippen LogP) is 13.8. The maximum absolute atomic E-state index is 11.1. The molecule has 13 aromatic rings. The first-order valence-electron chi connectivity index (χ1n) is 20.0. The molecule has 4 heterocycles. The zero-order valence-corrected chi connectivity index (χ0v) is 31.9. The molecule has 6 heteroatoms. The van der Waals surface area contributed by atoms with E-state index in [4.69, 9.17) is 4.42 Å². The SMILES string of the molecule is N#Cc1cc(-n2c3ccc(-n4c5ccccc5c5ccccc54)cc3c3c4ccccc4ccc32)c(C#N)cc1-n1c2ccccc2c2cc3c(cc21)oc1ccccc13. The van der Waals surface area contributed by atoms with Crippen LogP contribution in [0.4, 0.5) is 0 Å². The van der Waals surface area contributed by atoms with Gasteiger partial charge in [0.15, 0.2) is 0 Å². The molecule has 0 saturated carbocycles. The Morgan fingerprint density at radius 3 is 1.57 bits per heavy atom. The van der Waals surface area contributed by atoms with E-state index in [1.54, 1.807) is 0 Å². The molecule has 0 amide bonds. The molecule has 0 unspecified atom stereocenters. The van der Waals surface area contributed by atoms with E-state index in [1.807, 2.05) is 42.5 Å². The Labute approximate surface area is 341 Å². The molecule has 13 rings (SSSR count). The van der Waals surface area contributed by atoms with Gasteiger partial charge in [-0.25, -0.2) is 0 Å². The molecule has 4 aromatic heterocycles. The van der Waals surface area contributed by atoms with Crippen LogP contribution in [0.5, 0.6) is 0 Å². The summed E-state index contributed by atoms with van der Waals surface area (Å²) in [6.45, 7) is 0. The number of nitriles is 2. The van der Waals surface area contributed by atoms with Crippen LogP contribution in [0.2, 0.25) is 0 Å². The molecular formula is C54H29N5O. The standard InChI is InChI=1S/C54H29N5O/c55-30-33-26-50(59-46-19-9-5-15-39(46)41-28-42-40-16-6-10-20-52(40)60-53(42)29-51(41)59)34(31-56)25-49(33)58-47-24-22-35(27-43(47)54-36-12-2-1-11-32(36)21-23-48(54)58)57-44-17-7-3-13-37(44)38-14-4-8-18-45(38)57/h1-29H. The average Bonchev–Trinajstić information content (AvgIpc) is 4.03. The lowest BCUT2D eigenvalue weighted by Gasteiger charge is -2.16. The number of hydrogen-bond donors (Lipinski definition) is 0. The Balaban J connectivity index is 1.10. The zero-order valence-electron chi connectivity index (χ0n) is 31.9. The van der Waals surface area contributed by atoms with E-state index in [-0.39, 0.29) is 0 Å². The minimum absolute atomic E-state index is 0.453. The second-order valence-corrected chi connectivity index (χ2v) is 15.5. The molecule has 9 aromatic carbocycles. The van der Waals surface area contributed by atoms with Gasteiger partial charge in [0.1, 0.15) is 23.3 Å². The lowest BCUT2D eigenvalue weighted by molar-refractivity contribution is 0.669. The third kappa shape index (κ3) is 4.29. The fourth-order valence-corrected chi connectivity index (χ4v) is 9.95. The van der Waals surface area contributed by atoms with Gasteiger partial charge in [-0.2, -0.15) is 10.5 Å². The molecule has 0 aliphatic rings. The normalized spacial score (nSPS) is 12.0. The van der Waals surface area contributed by atoms with Crippen molar-refractivity contribution in [1.29, 1.82) is 10.5 Å². The second kappa shape index (κ2) is 12.0. The Hall–Kier alpha value is -8.58. The van der Waals surface area contributed by atoms with Crippen LogP contribution in [0.25, 0.3) is 115 Å². The summed E-state index contributed by atoms with van der Waals surface area (Å²) >= 11 is 0. The lowest BCUT2D eigenvalue weighted by Crippen LogP contribution is -2.04. The molecule has 6 nitrogen and oxygen atoms in total. The van der Waals surface area contributed by atoms with E-state index < -0.39 is 0 Å². The molecule has 0 saturated heterocycles. The lowest BCUT2D eigenvalue weighted by atomic mass is 10.0. The van der Waals surface area contributed by atoms with Gasteiger partial charge in [0.05, 0.1) is 55.6 Å². The number of aromatic nitrogens is 3. The van der Waals surface area contributed by atoms with E-state index in [0.29, 0.717) is 22.5 Å². The minimum atomic E-state index is 0.453. The second-order valence-electron chi connectivity index (χ2n) is 15.5. The van der Waals surface area contributed by atoms with Crippen LogP contribution in [0.15, 0.2) is 180 Å². The van der Waals surface area contributed by atoms with Crippen LogP contribution in [0.3, 0.4) is 0 Å². The summed E-state index contributed by atoms with van der Waals surface area (Å²) in [5.41, 5.74) is 10.9. The molecule has 0 N–H and O–H groups in total. The Kier molecular flexibility index (Phi) is 6.48. The summed E-state index contributed by atoms with van der Waals surface area (Å²) < 4.78 is 13.0. The largest absolute Gasteiger partial charge is 0.456 e. The van der Waals surface area contributed by atoms with Gasteiger partial charge in [-0.05, 0) is 77.5 Å². The van der Waals surface area contributed by atoms with Crippen molar-refractivity contribution < 1.29 is 4.42 Å². The molecule has 60 heavy (non-hydrogen) atoms. The first-order chi connectivity index (χ1) is 29.7. The highest BCUT2D eigenvalue weighted by Crippen LogP contribution is 2.43. The van der Waals surface area contributed by atoms with Crippen LogP contribution in [-0.4, -0.2) is 13.7 Å². The summed E-state index contributed by atoms with van der Waals surface area (Å²) in [4.78, 5) is 0. The molecule has 0 radical (unpaired) electrons. The molecule has 0 aliphatic heterocycles. The van der Waals surface area contributed by atoms with E-state index in [2.05, 4.69) is 159 Å². The van der Waals surface area contributed by atoms with Crippen molar-refractivity contribution in [3.8, 4) is 29.2 Å². The number of nitrogens with zero attached hydrogens (tertiary/aromatic N) is 5. The number of rotatable bonds is 3. The van der Waals surface area contributed by atoms with Gasteiger partial charge in [0.25, 0.3) is 0 Å². The highest BCUT2D eigenvalue weighted by Gasteiger charge is 2.23. The third-order valence-corrected chi connectivity index (χ3v) is 12.5. The fourth-order valence-electron chi connectivity index (χ4n) is 9.95. The Morgan fingerprint density at radius 2 is 0.883 bits per heavy atom. The summed E-state index contributed by atoms with van der Waals surface area (Å²) in [5, 5.41) is 33.1. The van der Waals surface area contributed by atoms with Crippen LogP contribution >= 0.6 is 0 Å². The van der Waals surface area contributed by atoms with Crippen molar-refractivity contribution in [2.45, 2.75) is 0 Å². The first kappa shape index (κ1) is 32.5. The van der Waals surface area contributed by atoms with Gasteiger partial charge in [0, 0.05) is 54.8 Å². The van der Waals surface area contributed by atoms with E-state index in [0.717, 1.165) is 93.0 Å². The number of furan rings is 1. The van der Waals surface area contributed by atoms with Crippen LogP contribution < -0.4 is 0 Å². The van der Waals surface area contributed by atoms with Gasteiger partial charge in [-0.1, -0.05) is 103 Å². The summed E-state index contributed by atoms with van der Waals surface area (Å²) in [6.07, 6.45) is 0. The Morgan fingerprint density at radius 1 is 0.350 bits per heavy atom. The van der Waals surface area contributed by atoms with Crippen LogP contribution in [-0.2, 0) is 0 Å². The van der Waals surface area contributed by atoms with Crippen LogP contribution in [0, 0.1) is 22.7 Å². The van der Waals surface area contributed by atoms with Crippen molar-refractivity contribution in [1.82, 2.24) is 13.7 Å². The molecule has 0 atom stereocenters. The summed E-state index contributed by atoms with van der Waals surface area (Å²) in [6, 6.07) is 65.9. The van der Waals surface area contributed by atoms with Gasteiger partial charge in [0.2, 0.25) is 0 Å². The first-order valence-corrected chi connectivity index (χ1v) is 20.0. The smallest absolute Gasteiger partial charge is 0.137 e. The minimum Gasteiger partial charge on any atom is -0.456 e.